The zero-order chi connectivity index (χ0) is 12.8. The fourth-order valence-corrected chi connectivity index (χ4v) is 2.45. The third-order valence-corrected chi connectivity index (χ3v) is 3.62. The van der Waals surface area contributed by atoms with Crippen molar-refractivity contribution >= 4 is 21.9 Å². The van der Waals surface area contributed by atoms with Gasteiger partial charge in [0.2, 0.25) is 10.0 Å². The number of amides is 1. The number of carbonyl (C=O) groups is 2. The number of benzene rings is 1. The lowest BCUT2D eigenvalue weighted by Gasteiger charge is -2.11. The maximum absolute atomic E-state index is 11.8. The van der Waals surface area contributed by atoms with Crippen LogP contribution in [0.2, 0.25) is 0 Å². The van der Waals surface area contributed by atoms with Crippen molar-refractivity contribution in [1.29, 1.82) is 0 Å². The van der Waals surface area contributed by atoms with Gasteiger partial charge in [-0.3, -0.25) is 4.79 Å². The van der Waals surface area contributed by atoms with Crippen molar-refractivity contribution in [2.45, 2.75) is 6.54 Å². The smallest absolute Gasteiger partial charge is 0.335 e. The van der Waals surface area contributed by atoms with Gasteiger partial charge < -0.3 is 5.11 Å². The summed E-state index contributed by atoms with van der Waals surface area (Å²) in [5.74, 6) is -1.83. The number of carbonyl (C=O) groups excluding carboxylic acids is 1. The summed E-state index contributed by atoms with van der Waals surface area (Å²) in [4.78, 5) is 22.5. The highest BCUT2D eigenvalue weighted by Crippen LogP contribution is 2.25. The molecule has 1 aromatic rings. The Morgan fingerprint density at radius 2 is 2.06 bits per heavy atom. The SMILES string of the molecule is CS(=O)(=O)N1Cc2ccc(C(=O)O)cc2C1=O. The number of hydrogen-bond donors (Lipinski definition) is 1. The van der Waals surface area contributed by atoms with Crippen molar-refractivity contribution in [2.24, 2.45) is 0 Å². The van der Waals surface area contributed by atoms with Crippen LogP contribution in [0.15, 0.2) is 18.2 Å². The van der Waals surface area contributed by atoms with Crippen LogP contribution in [0.1, 0.15) is 26.3 Å². The molecule has 0 radical (unpaired) electrons. The average Bonchev–Trinajstić information content (AvgIpc) is 2.55. The van der Waals surface area contributed by atoms with Crippen LogP contribution < -0.4 is 0 Å². The third kappa shape index (κ3) is 1.89. The minimum atomic E-state index is -3.62. The first-order chi connectivity index (χ1) is 7.80. The van der Waals surface area contributed by atoms with Gasteiger partial charge in [0.1, 0.15) is 0 Å². The maximum atomic E-state index is 11.8. The molecule has 1 N–H and O–H groups in total. The van der Waals surface area contributed by atoms with E-state index in [9.17, 15) is 18.0 Å². The van der Waals surface area contributed by atoms with Gasteiger partial charge in [-0.2, -0.15) is 0 Å². The largest absolute Gasteiger partial charge is 0.478 e. The molecule has 1 aromatic carbocycles. The number of carboxylic acids is 1. The van der Waals surface area contributed by atoms with E-state index in [1.54, 1.807) is 0 Å². The van der Waals surface area contributed by atoms with Crippen LogP contribution in [0.25, 0.3) is 0 Å². The van der Waals surface area contributed by atoms with Gasteiger partial charge in [0.15, 0.2) is 0 Å². The molecule has 17 heavy (non-hydrogen) atoms. The van der Waals surface area contributed by atoms with Gasteiger partial charge in [-0.15, -0.1) is 0 Å². The van der Waals surface area contributed by atoms with Crippen molar-refractivity contribution in [3.8, 4) is 0 Å². The predicted molar refractivity (Wildman–Crippen MR) is 58.1 cm³/mol. The molecule has 6 nitrogen and oxygen atoms in total. The molecule has 2 rings (SSSR count). The molecule has 7 heteroatoms. The highest BCUT2D eigenvalue weighted by Gasteiger charge is 2.33. The monoisotopic (exact) mass is 255 g/mol. The molecule has 0 aromatic heterocycles. The number of fused-ring (bicyclic) bond motifs is 1. The topological polar surface area (TPSA) is 91.8 Å². The van der Waals surface area contributed by atoms with Crippen molar-refractivity contribution < 1.29 is 23.1 Å². The molecular formula is C10H9NO5S. The summed E-state index contributed by atoms with van der Waals surface area (Å²) < 4.78 is 23.4. The van der Waals surface area contributed by atoms with Crippen molar-refractivity contribution in [2.75, 3.05) is 6.26 Å². The molecule has 0 saturated carbocycles. The summed E-state index contributed by atoms with van der Waals surface area (Å²) in [6, 6.07) is 4.01. The van der Waals surface area contributed by atoms with E-state index in [-0.39, 0.29) is 17.7 Å². The normalized spacial score (nSPS) is 14.9. The summed E-state index contributed by atoms with van der Waals surface area (Å²) in [7, 11) is -3.62. The van der Waals surface area contributed by atoms with E-state index in [4.69, 9.17) is 5.11 Å². The van der Waals surface area contributed by atoms with Crippen LogP contribution in [0.5, 0.6) is 0 Å². The minimum absolute atomic E-state index is 0.0348. The van der Waals surface area contributed by atoms with E-state index in [1.165, 1.54) is 18.2 Å². The molecule has 0 bridgehead atoms. The molecule has 0 atom stereocenters. The lowest BCUT2D eigenvalue weighted by molar-refractivity contribution is 0.0697. The Morgan fingerprint density at radius 1 is 1.41 bits per heavy atom. The molecule has 90 valence electrons. The number of carboxylic acid groups (broad SMARTS) is 1. The Kier molecular flexibility index (Phi) is 2.43. The first-order valence-electron chi connectivity index (χ1n) is 4.69. The quantitative estimate of drug-likeness (QED) is 0.820. The molecule has 0 aliphatic carbocycles. The van der Waals surface area contributed by atoms with Gasteiger partial charge in [-0.1, -0.05) is 6.07 Å². The minimum Gasteiger partial charge on any atom is -0.478 e. The predicted octanol–water partition coefficient (Wildman–Crippen LogP) is 0.300. The second kappa shape index (κ2) is 3.56. The summed E-state index contributed by atoms with van der Waals surface area (Å²) in [5, 5.41) is 8.78. The number of aromatic carboxylic acids is 1. The number of sulfonamides is 1. The number of rotatable bonds is 2. The molecule has 0 spiro atoms. The van der Waals surface area contributed by atoms with Crippen LogP contribution >= 0.6 is 0 Å². The van der Waals surface area contributed by atoms with Gasteiger partial charge in [-0.25, -0.2) is 17.5 Å². The van der Waals surface area contributed by atoms with E-state index in [2.05, 4.69) is 0 Å². The van der Waals surface area contributed by atoms with Gasteiger partial charge in [0.05, 0.1) is 18.4 Å². The second-order valence-electron chi connectivity index (χ2n) is 3.75. The third-order valence-electron chi connectivity index (χ3n) is 2.53. The molecule has 1 aliphatic rings. The van der Waals surface area contributed by atoms with Crippen LogP contribution in [0.4, 0.5) is 0 Å². The zero-order valence-electron chi connectivity index (χ0n) is 8.87. The number of nitrogens with zero attached hydrogens (tertiary/aromatic N) is 1. The average molecular weight is 255 g/mol. The highest BCUT2D eigenvalue weighted by molar-refractivity contribution is 7.88. The van der Waals surface area contributed by atoms with Crippen LogP contribution in [-0.4, -0.2) is 36.0 Å². The first kappa shape index (κ1) is 11.6. The van der Waals surface area contributed by atoms with Gasteiger partial charge in [-0.05, 0) is 17.7 Å². The fourth-order valence-electron chi connectivity index (χ4n) is 1.68. The van der Waals surface area contributed by atoms with Crippen molar-refractivity contribution in [1.82, 2.24) is 4.31 Å². The molecule has 0 saturated heterocycles. The Hall–Kier alpha value is -1.89. The van der Waals surface area contributed by atoms with E-state index in [0.717, 1.165) is 10.6 Å². The number of hydrogen-bond acceptors (Lipinski definition) is 4. The molecule has 1 amide bonds. The van der Waals surface area contributed by atoms with Crippen LogP contribution in [0, 0.1) is 0 Å². The Morgan fingerprint density at radius 3 is 2.59 bits per heavy atom. The van der Waals surface area contributed by atoms with Gasteiger partial charge in [0.25, 0.3) is 5.91 Å². The van der Waals surface area contributed by atoms with Crippen LogP contribution in [-0.2, 0) is 16.6 Å². The molecule has 1 heterocycles. The zero-order valence-corrected chi connectivity index (χ0v) is 9.69. The lowest BCUT2D eigenvalue weighted by atomic mass is 10.1. The van der Waals surface area contributed by atoms with E-state index in [0.29, 0.717) is 5.56 Å². The molecule has 0 fully saturated rings. The van der Waals surface area contributed by atoms with E-state index < -0.39 is 21.9 Å². The second-order valence-corrected chi connectivity index (χ2v) is 5.66. The summed E-state index contributed by atoms with van der Waals surface area (Å²) in [6.45, 7) is -0.0348. The van der Waals surface area contributed by atoms with Crippen molar-refractivity contribution in [3.05, 3.63) is 34.9 Å². The Labute approximate surface area is 97.5 Å². The van der Waals surface area contributed by atoms with Gasteiger partial charge >= 0.3 is 5.97 Å². The summed E-state index contributed by atoms with van der Waals surface area (Å²) in [5.41, 5.74) is 0.619. The van der Waals surface area contributed by atoms with E-state index in [1.807, 2.05) is 0 Å². The van der Waals surface area contributed by atoms with Gasteiger partial charge in [0, 0.05) is 5.56 Å². The first-order valence-corrected chi connectivity index (χ1v) is 6.54. The van der Waals surface area contributed by atoms with Crippen molar-refractivity contribution in [3.63, 3.8) is 0 Å². The maximum Gasteiger partial charge on any atom is 0.335 e. The highest BCUT2D eigenvalue weighted by atomic mass is 32.2. The Bertz CT molecular complexity index is 620. The Balaban J connectivity index is 2.50. The van der Waals surface area contributed by atoms with E-state index >= 15 is 0 Å². The summed E-state index contributed by atoms with van der Waals surface area (Å²) >= 11 is 0. The molecule has 1 aliphatic heterocycles. The summed E-state index contributed by atoms with van der Waals surface area (Å²) in [6.07, 6.45) is 0.939. The molecular weight excluding hydrogens is 246 g/mol. The van der Waals surface area contributed by atoms with Crippen LogP contribution in [0.3, 0.4) is 0 Å². The standard InChI is InChI=1S/C10H9NO5S/c1-17(15,16)11-5-7-3-2-6(10(13)14)4-8(7)9(11)12/h2-4H,5H2,1H3,(H,13,14). The lowest BCUT2D eigenvalue weighted by Crippen LogP contribution is -2.30. The molecule has 0 unspecified atom stereocenters. The fraction of sp³-hybridized carbons (Fsp3) is 0.200.